The molecule has 0 spiro atoms. The maximum absolute atomic E-state index is 14.0. The van der Waals surface area contributed by atoms with E-state index in [1.165, 1.54) is 25.3 Å². The first-order chi connectivity index (χ1) is 12.5. The van der Waals surface area contributed by atoms with E-state index < -0.39 is 11.6 Å². The predicted octanol–water partition coefficient (Wildman–Crippen LogP) is 3.15. The summed E-state index contributed by atoms with van der Waals surface area (Å²) in [6, 6.07) is 3.90. The molecule has 8 heteroatoms. The summed E-state index contributed by atoms with van der Waals surface area (Å²) < 4.78 is 32.8. The Labute approximate surface area is 175 Å². The number of ether oxygens (including phenoxy) is 1. The van der Waals surface area contributed by atoms with Crippen molar-refractivity contribution in [3.05, 3.63) is 35.4 Å². The third kappa shape index (κ3) is 4.70. The van der Waals surface area contributed by atoms with Crippen molar-refractivity contribution < 1.29 is 18.3 Å². The number of nitrogens with zero attached hydrogens (tertiary/aromatic N) is 2. The molecule has 1 saturated carbocycles. The zero-order valence-electron chi connectivity index (χ0n) is 15.7. The van der Waals surface area contributed by atoms with Gasteiger partial charge in [0.05, 0.1) is 13.0 Å². The zero-order valence-corrected chi connectivity index (χ0v) is 18.1. The molecule has 0 radical (unpaired) electrons. The van der Waals surface area contributed by atoms with Gasteiger partial charge < -0.3 is 15.0 Å². The molecule has 4 atom stereocenters. The van der Waals surface area contributed by atoms with E-state index in [1.807, 2.05) is 18.7 Å². The number of esters is 1. The molecule has 3 rings (SSSR count). The molecule has 1 aliphatic heterocycles. The highest BCUT2D eigenvalue weighted by Gasteiger charge is 2.44. The molecule has 0 aromatic heterocycles. The Bertz CT molecular complexity index is 696. The summed E-state index contributed by atoms with van der Waals surface area (Å²) in [4.78, 5) is 18.4. The Morgan fingerprint density at radius 3 is 2.59 bits per heavy atom. The van der Waals surface area contributed by atoms with Gasteiger partial charge >= 0.3 is 5.97 Å². The lowest BCUT2D eigenvalue weighted by molar-refractivity contribution is -0.145. The number of guanidine groups is 1. The number of halogens is 3. The molecule has 1 saturated heterocycles. The van der Waals surface area contributed by atoms with Crippen LogP contribution in [0.5, 0.6) is 0 Å². The van der Waals surface area contributed by atoms with Crippen molar-refractivity contribution >= 4 is 35.9 Å². The molecule has 1 aromatic carbocycles. The molecule has 27 heavy (non-hydrogen) atoms. The summed E-state index contributed by atoms with van der Waals surface area (Å²) in [5.74, 6) is -0.769. The highest BCUT2D eigenvalue weighted by molar-refractivity contribution is 14.0. The van der Waals surface area contributed by atoms with E-state index >= 15 is 0 Å². The van der Waals surface area contributed by atoms with Crippen LogP contribution in [0.1, 0.15) is 31.7 Å². The molecule has 1 heterocycles. The average Bonchev–Trinajstić information content (AvgIpc) is 3.24. The number of nitrogens with one attached hydrogen (secondary N) is 1. The molecule has 4 unspecified atom stereocenters. The fourth-order valence-electron chi connectivity index (χ4n) is 3.69. The third-order valence-corrected chi connectivity index (χ3v) is 5.20. The predicted molar refractivity (Wildman–Crippen MR) is 110 cm³/mol. The van der Waals surface area contributed by atoms with Crippen molar-refractivity contribution in [2.45, 2.75) is 32.2 Å². The van der Waals surface area contributed by atoms with E-state index in [0.29, 0.717) is 32.0 Å². The Hall–Kier alpha value is -1.45. The molecular weight excluding hydrogens is 467 g/mol. The lowest BCUT2D eigenvalue weighted by Crippen LogP contribution is -2.42. The molecular formula is C19H26F2IN3O2. The van der Waals surface area contributed by atoms with Gasteiger partial charge in [0, 0.05) is 37.2 Å². The molecule has 2 fully saturated rings. The van der Waals surface area contributed by atoms with Crippen LogP contribution in [0.15, 0.2) is 23.2 Å². The van der Waals surface area contributed by atoms with Crippen molar-refractivity contribution in [1.29, 1.82) is 0 Å². The second-order valence-corrected chi connectivity index (χ2v) is 7.04. The van der Waals surface area contributed by atoms with E-state index in [-0.39, 0.29) is 59.3 Å². The summed E-state index contributed by atoms with van der Waals surface area (Å²) in [6.45, 7) is 5.75. The molecule has 1 aromatic rings. The third-order valence-electron chi connectivity index (χ3n) is 5.20. The van der Waals surface area contributed by atoms with Crippen LogP contribution in [0.4, 0.5) is 8.78 Å². The standard InChI is InChI=1S/C19H25F2N3O2.HI/c1-4-22-19(24-9-11(2)13(10-24)18(25)26-3)23-16-8-12(16)17-14(20)6-5-7-15(17)21;/h5-7,11-13,16H,4,8-10H2,1-3H3,(H,22,23);1H. The largest absolute Gasteiger partial charge is 0.469 e. The first-order valence-corrected chi connectivity index (χ1v) is 9.03. The van der Waals surface area contributed by atoms with Crippen LogP contribution in [-0.4, -0.2) is 49.6 Å². The Morgan fingerprint density at radius 2 is 2.00 bits per heavy atom. The summed E-state index contributed by atoms with van der Waals surface area (Å²) in [6.07, 6.45) is 0.657. The quantitative estimate of drug-likeness (QED) is 0.303. The molecule has 2 aliphatic rings. The maximum Gasteiger partial charge on any atom is 0.310 e. The van der Waals surface area contributed by atoms with Crippen LogP contribution < -0.4 is 5.32 Å². The van der Waals surface area contributed by atoms with Gasteiger partial charge in [-0.3, -0.25) is 9.79 Å². The minimum absolute atomic E-state index is 0. The highest BCUT2D eigenvalue weighted by Crippen LogP contribution is 2.43. The first kappa shape index (κ1) is 21.8. The van der Waals surface area contributed by atoms with Crippen LogP contribution in [0.25, 0.3) is 0 Å². The van der Waals surface area contributed by atoms with Crippen LogP contribution in [0.3, 0.4) is 0 Å². The van der Waals surface area contributed by atoms with Gasteiger partial charge in [-0.05, 0) is 31.4 Å². The number of rotatable bonds is 4. The summed E-state index contributed by atoms with van der Waals surface area (Å²) in [5.41, 5.74) is 0.142. The van der Waals surface area contributed by atoms with E-state index in [1.54, 1.807) is 0 Å². The van der Waals surface area contributed by atoms with Crippen molar-refractivity contribution in [3.63, 3.8) is 0 Å². The van der Waals surface area contributed by atoms with E-state index in [2.05, 4.69) is 10.3 Å². The SMILES string of the molecule is CCN=C(NC1CC1c1c(F)cccc1F)N1CC(C)C(C(=O)OC)C1.I. The summed E-state index contributed by atoms with van der Waals surface area (Å²) in [7, 11) is 1.40. The first-order valence-electron chi connectivity index (χ1n) is 9.03. The molecule has 1 N–H and O–H groups in total. The van der Waals surface area contributed by atoms with Crippen LogP contribution in [0.2, 0.25) is 0 Å². The number of hydrogen-bond donors (Lipinski definition) is 1. The summed E-state index contributed by atoms with van der Waals surface area (Å²) in [5, 5.41) is 3.33. The minimum atomic E-state index is -0.506. The second kappa shape index (κ2) is 9.16. The van der Waals surface area contributed by atoms with Crippen LogP contribution >= 0.6 is 24.0 Å². The van der Waals surface area contributed by atoms with Crippen LogP contribution in [0, 0.1) is 23.5 Å². The van der Waals surface area contributed by atoms with E-state index in [4.69, 9.17) is 4.74 Å². The Morgan fingerprint density at radius 1 is 1.33 bits per heavy atom. The van der Waals surface area contributed by atoms with Gasteiger partial charge in [0.2, 0.25) is 0 Å². The topological polar surface area (TPSA) is 53.9 Å². The Kier molecular flexibility index (Phi) is 7.41. The Balaban J connectivity index is 0.00000261. The molecule has 0 amide bonds. The monoisotopic (exact) mass is 493 g/mol. The minimum Gasteiger partial charge on any atom is -0.469 e. The fraction of sp³-hybridized carbons (Fsp3) is 0.579. The fourth-order valence-corrected chi connectivity index (χ4v) is 3.69. The lowest BCUT2D eigenvalue weighted by atomic mass is 9.99. The van der Waals surface area contributed by atoms with Gasteiger partial charge in [0.1, 0.15) is 11.6 Å². The van der Waals surface area contributed by atoms with Crippen molar-refractivity contribution in [3.8, 4) is 0 Å². The lowest BCUT2D eigenvalue weighted by Gasteiger charge is -2.22. The van der Waals surface area contributed by atoms with Gasteiger partial charge in [-0.25, -0.2) is 8.78 Å². The van der Waals surface area contributed by atoms with Crippen molar-refractivity contribution in [2.75, 3.05) is 26.7 Å². The van der Waals surface area contributed by atoms with E-state index in [0.717, 1.165) is 0 Å². The number of carbonyl (C=O) groups excluding carboxylic acids is 1. The van der Waals surface area contributed by atoms with Gasteiger partial charge in [0.15, 0.2) is 5.96 Å². The number of benzene rings is 1. The van der Waals surface area contributed by atoms with Crippen molar-refractivity contribution in [2.24, 2.45) is 16.8 Å². The van der Waals surface area contributed by atoms with Gasteiger partial charge in [-0.1, -0.05) is 13.0 Å². The van der Waals surface area contributed by atoms with E-state index in [9.17, 15) is 13.6 Å². The summed E-state index contributed by atoms with van der Waals surface area (Å²) >= 11 is 0. The number of hydrogen-bond acceptors (Lipinski definition) is 3. The van der Waals surface area contributed by atoms with Gasteiger partial charge in [0.25, 0.3) is 0 Å². The number of methoxy groups -OCH3 is 1. The molecule has 0 bridgehead atoms. The molecule has 150 valence electrons. The zero-order chi connectivity index (χ0) is 18.8. The van der Waals surface area contributed by atoms with Gasteiger partial charge in [-0.2, -0.15) is 0 Å². The normalized spacial score (nSPS) is 27.1. The van der Waals surface area contributed by atoms with Crippen LogP contribution in [-0.2, 0) is 9.53 Å². The molecule has 1 aliphatic carbocycles. The smallest absolute Gasteiger partial charge is 0.310 e. The van der Waals surface area contributed by atoms with Gasteiger partial charge in [-0.15, -0.1) is 24.0 Å². The molecule has 5 nitrogen and oxygen atoms in total. The maximum atomic E-state index is 14.0. The average molecular weight is 493 g/mol. The second-order valence-electron chi connectivity index (χ2n) is 7.04. The van der Waals surface area contributed by atoms with Crippen molar-refractivity contribution in [1.82, 2.24) is 10.2 Å². The highest BCUT2D eigenvalue weighted by atomic mass is 127. The number of likely N-dealkylation sites (tertiary alicyclic amines) is 1. The number of carbonyl (C=O) groups is 1. The number of aliphatic imine (C=N–C) groups is 1.